The first-order chi connectivity index (χ1) is 30.0. The van der Waals surface area contributed by atoms with E-state index in [-0.39, 0.29) is 0 Å². The molecule has 0 atom stereocenters. The number of fused-ring (bicyclic) bond motifs is 11. The summed E-state index contributed by atoms with van der Waals surface area (Å²) in [6.07, 6.45) is 0. The molecule has 9 aromatic carbocycles. The molecule has 0 aliphatic carbocycles. The van der Waals surface area contributed by atoms with Gasteiger partial charge in [-0.15, -0.1) is 0 Å². The molecule has 0 radical (unpaired) electrons. The van der Waals surface area contributed by atoms with Gasteiger partial charge in [0.25, 0.3) is 0 Å². The van der Waals surface area contributed by atoms with E-state index in [9.17, 15) is 0 Å². The van der Waals surface area contributed by atoms with Gasteiger partial charge in [0.2, 0.25) is 0 Å². The van der Waals surface area contributed by atoms with E-state index in [1.165, 1.54) is 44.5 Å². The highest BCUT2D eigenvalue weighted by atomic mass is 16.3. The van der Waals surface area contributed by atoms with Gasteiger partial charge in [-0.25, -0.2) is 0 Å². The van der Waals surface area contributed by atoms with Gasteiger partial charge in [-0.05, 0) is 160 Å². The maximum atomic E-state index is 6.99. The van der Waals surface area contributed by atoms with E-state index in [0.29, 0.717) is 0 Å². The maximum absolute atomic E-state index is 6.99. The van der Waals surface area contributed by atoms with Crippen molar-refractivity contribution in [1.29, 1.82) is 0 Å². The third kappa shape index (κ3) is 5.81. The second-order valence-corrected chi connectivity index (χ2v) is 17.4. The third-order valence-corrected chi connectivity index (χ3v) is 13.4. The van der Waals surface area contributed by atoms with Crippen molar-refractivity contribution in [2.75, 3.05) is 9.80 Å². The summed E-state index contributed by atoms with van der Waals surface area (Å²) in [6.45, 7) is 17.5. The Morgan fingerprint density at radius 2 is 0.645 bits per heavy atom. The predicted molar refractivity (Wildman–Crippen MR) is 263 cm³/mol. The molecule has 0 aliphatic heterocycles. The van der Waals surface area contributed by atoms with Crippen molar-refractivity contribution in [2.45, 2.75) is 55.4 Å². The molecule has 0 spiro atoms. The van der Waals surface area contributed by atoms with Gasteiger partial charge >= 0.3 is 0 Å². The van der Waals surface area contributed by atoms with Crippen molar-refractivity contribution >= 4 is 99.5 Å². The Labute approximate surface area is 362 Å². The van der Waals surface area contributed by atoms with Crippen LogP contribution in [-0.4, -0.2) is 0 Å². The molecule has 0 unspecified atom stereocenters. The number of hydrogen-bond donors (Lipinski definition) is 0. The number of aryl methyl sites for hydroxylation is 6. The Hall–Kier alpha value is -7.30. The summed E-state index contributed by atoms with van der Waals surface area (Å²) < 4.78 is 14.0. The summed E-state index contributed by atoms with van der Waals surface area (Å²) in [5.74, 6) is 0. The van der Waals surface area contributed by atoms with Gasteiger partial charge in [0.05, 0.1) is 11.4 Å². The molecule has 2 heterocycles. The predicted octanol–water partition coefficient (Wildman–Crippen LogP) is 17.2. The Bertz CT molecular complexity index is 3320. The highest BCUT2D eigenvalue weighted by Crippen LogP contribution is 2.50. The van der Waals surface area contributed by atoms with E-state index >= 15 is 0 Å². The van der Waals surface area contributed by atoms with Crippen molar-refractivity contribution < 1.29 is 8.83 Å². The molecule has 0 fully saturated rings. The van der Waals surface area contributed by atoms with Crippen LogP contribution in [0.1, 0.15) is 44.5 Å². The van der Waals surface area contributed by atoms with Crippen molar-refractivity contribution in [3.05, 3.63) is 190 Å². The second-order valence-electron chi connectivity index (χ2n) is 17.4. The van der Waals surface area contributed by atoms with Gasteiger partial charge in [-0.2, -0.15) is 0 Å². The van der Waals surface area contributed by atoms with Crippen LogP contribution in [0.15, 0.2) is 154 Å². The molecule has 4 nitrogen and oxygen atoms in total. The van der Waals surface area contributed by atoms with Crippen LogP contribution in [0.2, 0.25) is 0 Å². The Kier molecular flexibility index (Phi) is 8.59. The zero-order valence-electron chi connectivity index (χ0n) is 36.6. The summed E-state index contributed by atoms with van der Waals surface area (Å²) in [5, 5.41) is 8.88. The standard InChI is InChI=1S/C58H48N2O2/c1-33-17-21-41(22-18-33)59(43-27-35(3)39(7)36(4)28-43)49-31-53-55(47-15-11-9-13-45(47)49)57-51(61-53)25-26-52-58(57)56-48-16-12-10-14-46(48)50(32-54(56)62-52)60(42-23-19-34(2)20-24-42)44-29-37(5)40(8)38(6)30-44/h9-32H,1-8H3. The number of furan rings is 2. The lowest BCUT2D eigenvalue weighted by Crippen LogP contribution is -2.11. The van der Waals surface area contributed by atoms with E-state index in [1.54, 1.807) is 0 Å². The topological polar surface area (TPSA) is 32.8 Å². The van der Waals surface area contributed by atoms with E-state index in [0.717, 1.165) is 99.5 Å². The number of rotatable bonds is 6. The summed E-state index contributed by atoms with van der Waals surface area (Å²) in [7, 11) is 0. The van der Waals surface area contributed by atoms with Crippen LogP contribution >= 0.6 is 0 Å². The van der Waals surface area contributed by atoms with Gasteiger partial charge < -0.3 is 18.6 Å². The largest absolute Gasteiger partial charge is 0.456 e. The zero-order valence-corrected chi connectivity index (χ0v) is 36.6. The lowest BCUT2D eigenvalue weighted by Gasteiger charge is -2.28. The number of hydrogen-bond acceptors (Lipinski definition) is 4. The van der Waals surface area contributed by atoms with Crippen LogP contribution in [0.3, 0.4) is 0 Å². The van der Waals surface area contributed by atoms with Gasteiger partial charge in [0, 0.05) is 67.2 Å². The minimum Gasteiger partial charge on any atom is -0.456 e. The van der Waals surface area contributed by atoms with E-state index in [4.69, 9.17) is 8.83 Å². The minimum absolute atomic E-state index is 0.835. The monoisotopic (exact) mass is 804 g/mol. The molecule has 0 saturated heterocycles. The quantitative estimate of drug-likeness (QED) is 0.168. The fourth-order valence-electron chi connectivity index (χ4n) is 9.70. The first-order valence-electron chi connectivity index (χ1n) is 21.6. The van der Waals surface area contributed by atoms with Crippen LogP contribution in [0.25, 0.3) is 65.4 Å². The Balaban J connectivity index is 1.21. The Morgan fingerprint density at radius 3 is 1.00 bits per heavy atom. The smallest absolute Gasteiger partial charge is 0.138 e. The van der Waals surface area contributed by atoms with Crippen molar-refractivity contribution in [3.8, 4) is 0 Å². The molecule has 302 valence electrons. The first-order valence-corrected chi connectivity index (χ1v) is 21.6. The van der Waals surface area contributed by atoms with Gasteiger partial charge in [0.15, 0.2) is 0 Å². The molecule has 11 rings (SSSR count). The first kappa shape index (κ1) is 37.7. The molecule has 2 aromatic heterocycles. The summed E-state index contributed by atoms with van der Waals surface area (Å²) >= 11 is 0. The second kappa shape index (κ2) is 14.1. The van der Waals surface area contributed by atoms with E-state index < -0.39 is 0 Å². The highest BCUT2D eigenvalue weighted by molar-refractivity contribution is 6.35. The van der Waals surface area contributed by atoms with Crippen LogP contribution in [-0.2, 0) is 0 Å². The van der Waals surface area contributed by atoms with Crippen molar-refractivity contribution in [3.63, 3.8) is 0 Å². The average molecular weight is 805 g/mol. The molecular weight excluding hydrogens is 757 g/mol. The summed E-state index contributed by atoms with van der Waals surface area (Å²) in [6, 6.07) is 53.1. The van der Waals surface area contributed by atoms with Gasteiger partial charge in [0.1, 0.15) is 22.3 Å². The van der Waals surface area contributed by atoms with Crippen molar-refractivity contribution in [1.82, 2.24) is 0 Å². The lowest BCUT2D eigenvalue weighted by molar-refractivity contribution is 0.663. The number of anilines is 6. The fraction of sp³-hybridized carbons (Fsp3) is 0.138. The molecule has 0 N–H and O–H groups in total. The Morgan fingerprint density at radius 1 is 0.306 bits per heavy atom. The van der Waals surface area contributed by atoms with Gasteiger partial charge in [-0.3, -0.25) is 0 Å². The fourth-order valence-corrected chi connectivity index (χ4v) is 9.70. The average Bonchev–Trinajstić information content (AvgIpc) is 3.84. The highest BCUT2D eigenvalue weighted by Gasteiger charge is 2.26. The van der Waals surface area contributed by atoms with Crippen LogP contribution in [0.4, 0.5) is 34.1 Å². The molecule has 62 heavy (non-hydrogen) atoms. The SMILES string of the molecule is Cc1ccc(N(c2cc(C)c(C)c(C)c2)c2cc3oc4ccc5oc6cc(N(c7ccc(C)cc7)c7cc(C)c(C)c(C)c7)c7ccccc7c6c5c4c3c3ccccc23)cc1. The molecule has 0 aliphatic rings. The normalized spacial score (nSPS) is 11.9. The molecule has 0 saturated carbocycles. The molecule has 4 heteroatoms. The molecular formula is C58H48N2O2. The van der Waals surface area contributed by atoms with Crippen LogP contribution < -0.4 is 9.80 Å². The molecule has 0 amide bonds. The lowest BCUT2D eigenvalue weighted by atomic mass is 9.95. The number of nitrogens with zero attached hydrogens (tertiary/aromatic N) is 2. The van der Waals surface area contributed by atoms with E-state index in [1.807, 2.05) is 0 Å². The molecule has 0 bridgehead atoms. The van der Waals surface area contributed by atoms with Gasteiger partial charge in [-0.1, -0.05) is 83.9 Å². The number of benzene rings is 9. The zero-order chi connectivity index (χ0) is 42.6. The minimum atomic E-state index is 0.835. The maximum Gasteiger partial charge on any atom is 0.138 e. The summed E-state index contributed by atoms with van der Waals surface area (Å²) in [5.41, 5.74) is 20.1. The third-order valence-electron chi connectivity index (χ3n) is 13.4. The van der Waals surface area contributed by atoms with Crippen LogP contribution in [0.5, 0.6) is 0 Å². The summed E-state index contributed by atoms with van der Waals surface area (Å²) in [4.78, 5) is 4.78. The van der Waals surface area contributed by atoms with Crippen LogP contribution in [0, 0.1) is 55.4 Å². The van der Waals surface area contributed by atoms with E-state index in [2.05, 4.69) is 211 Å². The molecule has 11 aromatic rings. The van der Waals surface area contributed by atoms with Crippen molar-refractivity contribution in [2.24, 2.45) is 0 Å².